The maximum absolute atomic E-state index is 11.7. The highest BCUT2D eigenvalue weighted by molar-refractivity contribution is 8.00. The molecule has 0 aliphatic carbocycles. The van der Waals surface area contributed by atoms with Crippen LogP contribution in [-0.4, -0.2) is 36.5 Å². The van der Waals surface area contributed by atoms with E-state index in [9.17, 15) is 4.79 Å². The predicted octanol–water partition coefficient (Wildman–Crippen LogP) is 1.63. The van der Waals surface area contributed by atoms with Crippen LogP contribution in [0.3, 0.4) is 0 Å². The normalized spacial score (nSPS) is 17.9. The molecule has 0 saturated carbocycles. The number of carbonyl (C=O) groups is 1. The Bertz CT molecular complexity index is 207. The third kappa shape index (κ3) is 5.21. The summed E-state index contributed by atoms with van der Waals surface area (Å²) in [6.45, 7) is 7.26. The summed E-state index contributed by atoms with van der Waals surface area (Å²) in [5.41, 5.74) is 0. The van der Waals surface area contributed by atoms with Crippen LogP contribution >= 0.6 is 11.8 Å². The monoisotopic (exact) mass is 244 g/mol. The Morgan fingerprint density at radius 1 is 1.50 bits per heavy atom. The molecule has 1 saturated heterocycles. The third-order valence-electron chi connectivity index (χ3n) is 2.90. The van der Waals surface area contributed by atoms with Crippen LogP contribution in [0.15, 0.2) is 0 Å². The molecule has 94 valence electrons. The molecule has 1 amide bonds. The summed E-state index contributed by atoms with van der Waals surface area (Å²) < 4.78 is 0. The summed E-state index contributed by atoms with van der Waals surface area (Å²) in [4.78, 5) is 11.7. The zero-order valence-electron chi connectivity index (χ0n) is 10.4. The lowest BCUT2D eigenvalue weighted by Gasteiger charge is -2.27. The minimum Gasteiger partial charge on any atom is -0.355 e. The third-order valence-corrected chi connectivity index (χ3v) is 4.27. The predicted molar refractivity (Wildman–Crippen MR) is 70.8 cm³/mol. The van der Waals surface area contributed by atoms with Gasteiger partial charge in [0.15, 0.2) is 0 Å². The molecule has 1 unspecified atom stereocenters. The summed E-state index contributed by atoms with van der Waals surface area (Å²) in [6.07, 6.45) is 3.51. The fraction of sp³-hybridized carbons (Fsp3) is 0.917. The fourth-order valence-electron chi connectivity index (χ4n) is 1.55. The molecule has 3 nitrogen and oxygen atoms in total. The average molecular weight is 244 g/mol. The van der Waals surface area contributed by atoms with Crippen LogP contribution in [-0.2, 0) is 4.79 Å². The zero-order chi connectivity index (χ0) is 11.8. The Morgan fingerprint density at radius 3 is 2.81 bits per heavy atom. The standard InChI is InChI=1S/C12H24N2OS/c1-3-4-5-6-14-12(15)10(2)16-9-11-7-13-8-11/h10-11,13H,3-9H2,1-2H3,(H,14,15). The molecular weight excluding hydrogens is 220 g/mol. The van der Waals surface area contributed by atoms with Crippen LogP contribution in [0, 0.1) is 5.92 Å². The first kappa shape index (κ1) is 13.8. The molecule has 1 rings (SSSR count). The number of unbranched alkanes of at least 4 members (excludes halogenated alkanes) is 2. The molecule has 4 heteroatoms. The Morgan fingerprint density at radius 2 is 2.25 bits per heavy atom. The Hall–Kier alpha value is -0.220. The van der Waals surface area contributed by atoms with E-state index in [-0.39, 0.29) is 11.2 Å². The van der Waals surface area contributed by atoms with Gasteiger partial charge in [0.1, 0.15) is 0 Å². The fourth-order valence-corrected chi connectivity index (χ4v) is 2.58. The highest BCUT2D eigenvalue weighted by atomic mass is 32.2. The van der Waals surface area contributed by atoms with Crippen LogP contribution < -0.4 is 10.6 Å². The van der Waals surface area contributed by atoms with Crippen LogP contribution in [0.4, 0.5) is 0 Å². The molecule has 1 aliphatic heterocycles. The van der Waals surface area contributed by atoms with E-state index in [1.807, 2.05) is 6.92 Å². The van der Waals surface area contributed by atoms with E-state index in [1.54, 1.807) is 11.8 Å². The van der Waals surface area contributed by atoms with Crippen LogP contribution in [0.2, 0.25) is 0 Å². The van der Waals surface area contributed by atoms with Gasteiger partial charge in [-0.05, 0) is 38.1 Å². The smallest absolute Gasteiger partial charge is 0.232 e. The van der Waals surface area contributed by atoms with E-state index in [2.05, 4.69) is 17.6 Å². The number of hydrogen-bond acceptors (Lipinski definition) is 3. The molecule has 0 aromatic rings. The second-order valence-corrected chi connectivity index (χ2v) is 5.87. The van der Waals surface area contributed by atoms with Crippen molar-refractivity contribution in [3.8, 4) is 0 Å². The molecule has 2 N–H and O–H groups in total. The van der Waals surface area contributed by atoms with Crippen molar-refractivity contribution in [1.29, 1.82) is 0 Å². The van der Waals surface area contributed by atoms with E-state index >= 15 is 0 Å². The molecule has 0 spiro atoms. The second kappa shape index (κ2) is 7.96. The van der Waals surface area contributed by atoms with Crippen molar-refractivity contribution >= 4 is 17.7 Å². The largest absolute Gasteiger partial charge is 0.355 e. The van der Waals surface area contributed by atoms with Crippen molar-refractivity contribution in [2.24, 2.45) is 5.92 Å². The van der Waals surface area contributed by atoms with Crippen molar-refractivity contribution in [1.82, 2.24) is 10.6 Å². The first-order valence-corrected chi connectivity index (χ1v) is 7.39. The molecule has 0 radical (unpaired) electrons. The summed E-state index contributed by atoms with van der Waals surface area (Å²) in [5.74, 6) is 2.09. The van der Waals surface area contributed by atoms with E-state index in [0.29, 0.717) is 0 Å². The van der Waals surface area contributed by atoms with Crippen LogP contribution in [0.5, 0.6) is 0 Å². The van der Waals surface area contributed by atoms with Gasteiger partial charge in [-0.25, -0.2) is 0 Å². The Labute approximate surface area is 103 Å². The lowest BCUT2D eigenvalue weighted by molar-refractivity contribution is -0.120. The van der Waals surface area contributed by atoms with Gasteiger partial charge in [-0.1, -0.05) is 19.8 Å². The lowest BCUT2D eigenvalue weighted by atomic mass is 10.1. The van der Waals surface area contributed by atoms with Crippen molar-refractivity contribution in [3.05, 3.63) is 0 Å². The lowest BCUT2D eigenvalue weighted by Crippen LogP contribution is -2.44. The molecule has 1 heterocycles. The molecule has 1 aliphatic rings. The van der Waals surface area contributed by atoms with Gasteiger partial charge < -0.3 is 10.6 Å². The molecule has 0 bridgehead atoms. The van der Waals surface area contributed by atoms with E-state index in [0.717, 1.165) is 37.7 Å². The number of carbonyl (C=O) groups excluding carboxylic acids is 1. The van der Waals surface area contributed by atoms with Crippen molar-refractivity contribution in [2.75, 3.05) is 25.4 Å². The van der Waals surface area contributed by atoms with Crippen molar-refractivity contribution < 1.29 is 4.79 Å². The van der Waals surface area contributed by atoms with Crippen molar-refractivity contribution in [2.45, 2.75) is 38.4 Å². The molecule has 1 fully saturated rings. The number of amides is 1. The van der Waals surface area contributed by atoms with Gasteiger partial charge in [0.2, 0.25) is 5.91 Å². The zero-order valence-corrected chi connectivity index (χ0v) is 11.2. The minimum absolute atomic E-state index is 0.0993. The summed E-state index contributed by atoms with van der Waals surface area (Å²) in [5, 5.41) is 6.35. The molecule has 16 heavy (non-hydrogen) atoms. The second-order valence-electron chi connectivity index (χ2n) is 4.50. The summed E-state index contributed by atoms with van der Waals surface area (Å²) >= 11 is 1.78. The SMILES string of the molecule is CCCCCNC(=O)C(C)SCC1CNC1. The first-order valence-electron chi connectivity index (χ1n) is 6.34. The Kier molecular flexibility index (Phi) is 6.88. The molecule has 0 aromatic carbocycles. The van der Waals surface area contributed by atoms with E-state index < -0.39 is 0 Å². The van der Waals surface area contributed by atoms with Gasteiger partial charge in [0.25, 0.3) is 0 Å². The van der Waals surface area contributed by atoms with Crippen LogP contribution in [0.25, 0.3) is 0 Å². The van der Waals surface area contributed by atoms with Gasteiger partial charge in [-0.3, -0.25) is 4.79 Å². The van der Waals surface area contributed by atoms with Crippen molar-refractivity contribution in [3.63, 3.8) is 0 Å². The number of hydrogen-bond donors (Lipinski definition) is 2. The molecule has 0 aromatic heterocycles. The first-order chi connectivity index (χ1) is 7.74. The highest BCUT2D eigenvalue weighted by Gasteiger charge is 2.20. The minimum atomic E-state index is 0.0993. The maximum atomic E-state index is 11.7. The summed E-state index contributed by atoms with van der Waals surface area (Å²) in [6, 6.07) is 0. The van der Waals surface area contributed by atoms with E-state index in [1.165, 1.54) is 12.8 Å². The topological polar surface area (TPSA) is 41.1 Å². The number of rotatable bonds is 8. The maximum Gasteiger partial charge on any atom is 0.232 e. The highest BCUT2D eigenvalue weighted by Crippen LogP contribution is 2.17. The van der Waals surface area contributed by atoms with Crippen LogP contribution in [0.1, 0.15) is 33.1 Å². The molecule has 1 atom stereocenters. The average Bonchev–Trinajstić information content (AvgIpc) is 2.21. The van der Waals surface area contributed by atoms with Gasteiger partial charge in [0.05, 0.1) is 5.25 Å². The van der Waals surface area contributed by atoms with Gasteiger partial charge in [-0.2, -0.15) is 0 Å². The number of thioether (sulfide) groups is 1. The summed E-state index contributed by atoms with van der Waals surface area (Å²) in [7, 11) is 0. The van der Waals surface area contributed by atoms with Gasteiger partial charge in [0, 0.05) is 6.54 Å². The van der Waals surface area contributed by atoms with E-state index in [4.69, 9.17) is 0 Å². The quantitative estimate of drug-likeness (QED) is 0.638. The molecular formula is C12H24N2OS. The van der Waals surface area contributed by atoms with Gasteiger partial charge >= 0.3 is 0 Å². The number of nitrogens with one attached hydrogen (secondary N) is 2. The van der Waals surface area contributed by atoms with Gasteiger partial charge in [-0.15, -0.1) is 11.8 Å². The Balaban J connectivity index is 2.00.